The molecule has 0 bridgehead atoms. The fourth-order valence-corrected chi connectivity index (χ4v) is 4.97. The maximum Gasteiger partial charge on any atom is 0.407 e. The smallest absolute Gasteiger partial charge is 0.407 e. The molecule has 180 valence electrons. The second-order valence-corrected chi connectivity index (χ2v) is 9.47. The molecule has 3 N–H and O–H groups in total. The molecule has 2 aromatic carbocycles. The van der Waals surface area contributed by atoms with Gasteiger partial charge in [0.15, 0.2) is 5.54 Å². The first-order valence-electron chi connectivity index (χ1n) is 11.2. The number of carbonyl (C=O) groups is 3. The van der Waals surface area contributed by atoms with E-state index in [0.717, 1.165) is 22.3 Å². The number of rotatable bonds is 9. The largest absolute Gasteiger partial charge is 0.479 e. The van der Waals surface area contributed by atoms with Crippen LogP contribution < -0.4 is 10.6 Å². The van der Waals surface area contributed by atoms with E-state index in [9.17, 15) is 19.5 Å². The summed E-state index contributed by atoms with van der Waals surface area (Å²) >= 11 is 1.53. The number of nitrogens with one attached hydrogen (secondary N) is 2. The zero-order valence-corrected chi connectivity index (χ0v) is 19.7. The molecule has 1 saturated heterocycles. The summed E-state index contributed by atoms with van der Waals surface area (Å²) < 4.78 is 10.8. The molecule has 0 aromatic heterocycles. The third-order valence-corrected chi connectivity index (χ3v) is 7.00. The van der Waals surface area contributed by atoms with Gasteiger partial charge in [0.25, 0.3) is 0 Å². The quantitative estimate of drug-likeness (QED) is 0.501. The van der Waals surface area contributed by atoms with E-state index in [1.54, 1.807) is 0 Å². The van der Waals surface area contributed by atoms with E-state index >= 15 is 0 Å². The Morgan fingerprint density at radius 3 is 2.35 bits per heavy atom. The molecule has 2 aromatic rings. The summed E-state index contributed by atoms with van der Waals surface area (Å²) in [6, 6.07) is 15.2. The van der Waals surface area contributed by atoms with E-state index in [1.807, 2.05) is 42.7 Å². The lowest BCUT2D eigenvalue weighted by Gasteiger charge is -2.27. The molecular weight excluding hydrogens is 456 g/mol. The summed E-state index contributed by atoms with van der Waals surface area (Å²) in [5, 5.41) is 14.8. The van der Waals surface area contributed by atoms with Gasteiger partial charge in [-0.1, -0.05) is 48.5 Å². The van der Waals surface area contributed by atoms with E-state index in [-0.39, 0.29) is 32.2 Å². The summed E-state index contributed by atoms with van der Waals surface area (Å²) in [7, 11) is 0. The maximum absolute atomic E-state index is 12.9. The van der Waals surface area contributed by atoms with Crippen LogP contribution in [0.15, 0.2) is 48.5 Å². The molecule has 8 nitrogen and oxygen atoms in total. The summed E-state index contributed by atoms with van der Waals surface area (Å²) in [5.41, 5.74) is 2.97. The Labute approximate surface area is 202 Å². The highest BCUT2D eigenvalue weighted by Gasteiger charge is 2.45. The molecule has 1 aliphatic carbocycles. The minimum atomic E-state index is -1.47. The van der Waals surface area contributed by atoms with Crippen LogP contribution in [0.1, 0.15) is 29.9 Å². The van der Waals surface area contributed by atoms with Crippen molar-refractivity contribution in [1.82, 2.24) is 10.6 Å². The highest BCUT2D eigenvalue weighted by Crippen LogP contribution is 2.44. The third kappa shape index (κ3) is 4.90. The lowest BCUT2D eigenvalue weighted by molar-refractivity contribution is -0.148. The molecule has 0 radical (unpaired) electrons. The molecule has 1 heterocycles. The van der Waals surface area contributed by atoms with Gasteiger partial charge in [-0.3, -0.25) is 4.79 Å². The lowest BCUT2D eigenvalue weighted by Crippen LogP contribution is -2.60. The van der Waals surface area contributed by atoms with Gasteiger partial charge in [0, 0.05) is 18.9 Å². The number of carbonyl (C=O) groups excluding carboxylic acids is 2. The van der Waals surface area contributed by atoms with Gasteiger partial charge in [0.2, 0.25) is 5.91 Å². The van der Waals surface area contributed by atoms with Crippen molar-refractivity contribution >= 4 is 29.7 Å². The van der Waals surface area contributed by atoms with Crippen molar-refractivity contribution in [3.8, 4) is 11.1 Å². The standard InChI is InChI=1S/C25H28N2O6S/c1-34-13-10-21(22(28)27-25(23(29)30)11-12-32-15-25)26-24(31)33-14-20-18-8-4-2-6-16(18)17-7-3-5-9-19(17)20/h2-9,20-21H,10-15H2,1H3,(H,26,31)(H,27,28)(H,29,30). The molecule has 2 aliphatic rings. The zero-order chi connectivity index (χ0) is 24.1. The van der Waals surface area contributed by atoms with Gasteiger partial charge in [-0.2, -0.15) is 11.8 Å². The predicted octanol–water partition coefficient (Wildman–Crippen LogP) is 3.01. The molecule has 2 amide bonds. The lowest BCUT2D eigenvalue weighted by atomic mass is 9.98. The maximum atomic E-state index is 12.9. The summed E-state index contributed by atoms with van der Waals surface area (Å²) in [6.45, 7) is 0.278. The first-order chi connectivity index (χ1) is 16.4. The van der Waals surface area contributed by atoms with E-state index in [0.29, 0.717) is 12.2 Å². The second kappa shape index (κ2) is 10.5. The number of carboxylic acid groups (broad SMARTS) is 1. The summed E-state index contributed by atoms with van der Waals surface area (Å²) in [5.74, 6) is -1.20. The molecule has 2 unspecified atom stereocenters. The van der Waals surface area contributed by atoms with E-state index in [2.05, 4.69) is 22.8 Å². The number of carboxylic acids is 1. The number of fused-ring (bicyclic) bond motifs is 3. The molecule has 1 aliphatic heterocycles. The minimum absolute atomic E-state index is 0.0949. The third-order valence-electron chi connectivity index (χ3n) is 6.36. The first kappa shape index (κ1) is 24.1. The van der Waals surface area contributed by atoms with Crippen molar-refractivity contribution in [3.63, 3.8) is 0 Å². The van der Waals surface area contributed by atoms with Gasteiger partial charge >= 0.3 is 12.1 Å². The Hall–Kier alpha value is -3.04. The van der Waals surface area contributed by atoms with E-state index < -0.39 is 29.6 Å². The Kier molecular flexibility index (Phi) is 7.43. The predicted molar refractivity (Wildman–Crippen MR) is 129 cm³/mol. The van der Waals surface area contributed by atoms with Crippen molar-refractivity contribution in [3.05, 3.63) is 59.7 Å². The molecule has 0 spiro atoms. The van der Waals surface area contributed by atoms with Crippen molar-refractivity contribution in [1.29, 1.82) is 0 Å². The number of hydrogen-bond acceptors (Lipinski definition) is 6. The Bertz CT molecular complexity index is 1020. The number of ether oxygens (including phenoxy) is 2. The van der Waals surface area contributed by atoms with Crippen LogP contribution in [0.25, 0.3) is 11.1 Å². The van der Waals surface area contributed by atoms with Gasteiger partial charge in [0.05, 0.1) is 6.61 Å². The van der Waals surface area contributed by atoms with Crippen LogP contribution in [-0.2, 0) is 19.1 Å². The average Bonchev–Trinajstić information content (AvgIpc) is 3.44. The van der Waals surface area contributed by atoms with Crippen LogP contribution in [0.5, 0.6) is 0 Å². The molecule has 4 rings (SSSR count). The molecule has 2 atom stereocenters. The first-order valence-corrected chi connectivity index (χ1v) is 12.6. The van der Waals surface area contributed by atoms with Crippen LogP contribution in [0.4, 0.5) is 4.79 Å². The van der Waals surface area contributed by atoms with Crippen LogP contribution in [-0.4, -0.2) is 66.5 Å². The monoisotopic (exact) mass is 484 g/mol. The zero-order valence-electron chi connectivity index (χ0n) is 18.9. The highest BCUT2D eigenvalue weighted by atomic mass is 32.2. The van der Waals surface area contributed by atoms with Crippen LogP contribution in [0.3, 0.4) is 0 Å². The fourth-order valence-electron chi connectivity index (χ4n) is 4.50. The van der Waals surface area contributed by atoms with E-state index in [1.165, 1.54) is 11.8 Å². The fraction of sp³-hybridized carbons (Fsp3) is 0.400. The molecule has 34 heavy (non-hydrogen) atoms. The average molecular weight is 485 g/mol. The topological polar surface area (TPSA) is 114 Å². The van der Waals surface area contributed by atoms with Crippen LogP contribution >= 0.6 is 11.8 Å². The molecule has 9 heteroatoms. The number of amides is 2. The van der Waals surface area contributed by atoms with Gasteiger partial charge in [-0.25, -0.2) is 9.59 Å². The van der Waals surface area contributed by atoms with Crippen molar-refractivity contribution in [2.24, 2.45) is 0 Å². The SMILES string of the molecule is CSCCC(NC(=O)OCC1c2ccccc2-c2ccccc21)C(=O)NC1(C(=O)O)CCOC1. The Morgan fingerprint density at radius 2 is 1.79 bits per heavy atom. The number of alkyl carbamates (subject to hydrolysis) is 1. The number of hydrogen-bond donors (Lipinski definition) is 3. The summed E-state index contributed by atoms with van der Waals surface area (Å²) in [4.78, 5) is 37.4. The van der Waals surface area contributed by atoms with Crippen LogP contribution in [0.2, 0.25) is 0 Å². The number of thioether (sulfide) groups is 1. The molecule has 0 saturated carbocycles. The Balaban J connectivity index is 1.42. The van der Waals surface area contributed by atoms with E-state index in [4.69, 9.17) is 9.47 Å². The summed E-state index contributed by atoms with van der Waals surface area (Å²) in [6.07, 6.45) is 1.70. The van der Waals surface area contributed by atoms with Gasteiger partial charge < -0.3 is 25.2 Å². The van der Waals surface area contributed by atoms with Crippen molar-refractivity contribution in [2.45, 2.75) is 30.3 Å². The second-order valence-electron chi connectivity index (χ2n) is 8.48. The van der Waals surface area contributed by atoms with Crippen molar-refractivity contribution in [2.75, 3.05) is 31.8 Å². The number of benzene rings is 2. The molecular formula is C25H28N2O6S. The van der Waals surface area contributed by atoms with Gasteiger partial charge in [0.1, 0.15) is 12.6 Å². The Morgan fingerprint density at radius 1 is 1.15 bits per heavy atom. The van der Waals surface area contributed by atoms with Gasteiger partial charge in [-0.05, 0) is 40.7 Å². The normalized spacial score (nSPS) is 19.7. The number of aliphatic carboxylic acids is 1. The highest BCUT2D eigenvalue weighted by molar-refractivity contribution is 7.98. The van der Waals surface area contributed by atoms with Gasteiger partial charge in [-0.15, -0.1) is 0 Å². The van der Waals surface area contributed by atoms with Crippen LogP contribution in [0, 0.1) is 0 Å². The minimum Gasteiger partial charge on any atom is -0.479 e. The van der Waals surface area contributed by atoms with Crippen molar-refractivity contribution < 1.29 is 29.0 Å². The molecule has 1 fully saturated rings.